The van der Waals surface area contributed by atoms with Crippen molar-refractivity contribution < 1.29 is 37.3 Å². The van der Waals surface area contributed by atoms with E-state index in [1.165, 1.54) is 0 Å². The number of carbonyl (C=O) groups excluding carboxylic acids is 1. The maximum atomic E-state index is 12.9. The van der Waals surface area contributed by atoms with Gasteiger partial charge in [0.15, 0.2) is 0 Å². The first-order chi connectivity index (χ1) is 9.53. The van der Waals surface area contributed by atoms with E-state index in [9.17, 15) is 22.4 Å². The molecule has 0 fully saturated rings. The lowest BCUT2D eigenvalue weighted by molar-refractivity contribution is -0.202. The minimum absolute atomic E-state index is 0.120. The summed E-state index contributed by atoms with van der Waals surface area (Å²) in [6.45, 7) is -0.366. The predicted octanol–water partition coefficient (Wildman–Crippen LogP) is 3.33. The summed E-state index contributed by atoms with van der Waals surface area (Å²) in [6, 6.07) is 3.01. The average molecular weight is 310 g/mol. The number of phenols is 2. The molecule has 118 valence electrons. The molecule has 0 aliphatic rings. The molecule has 4 nitrogen and oxygen atoms in total. The summed E-state index contributed by atoms with van der Waals surface area (Å²) in [7, 11) is 0. The van der Waals surface area contributed by atoms with Crippen LogP contribution in [0.25, 0.3) is 0 Å². The summed E-state index contributed by atoms with van der Waals surface area (Å²) in [5.41, 5.74) is -0.180. The molecule has 0 bridgehead atoms. The Kier molecular flexibility index (Phi) is 5.03. The lowest BCUT2D eigenvalue weighted by Gasteiger charge is -2.22. The first-order valence-electron chi connectivity index (χ1n) is 5.99. The molecule has 0 aromatic heterocycles. The average Bonchev–Trinajstić information content (AvgIpc) is 2.31. The number of phenolic OH excluding ortho intramolecular Hbond substituents is 2. The number of rotatable bonds is 6. The lowest BCUT2D eigenvalue weighted by atomic mass is 10.1. The maximum absolute atomic E-state index is 12.9. The van der Waals surface area contributed by atoms with Gasteiger partial charge >= 0.3 is 17.8 Å². The lowest BCUT2D eigenvalue weighted by Crippen LogP contribution is -2.37. The van der Waals surface area contributed by atoms with E-state index in [2.05, 4.69) is 4.74 Å². The molecule has 0 saturated carbocycles. The van der Waals surface area contributed by atoms with Crippen molar-refractivity contribution in [3.8, 4) is 11.5 Å². The molecular formula is C13H14F4O4. The number of aromatic hydroxyl groups is 2. The number of ether oxygens (including phenoxy) is 1. The van der Waals surface area contributed by atoms with Crippen molar-refractivity contribution >= 4 is 5.97 Å². The zero-order valence-corrected chi connectivity index (χ0v) is 11.1. The number of benzene rings is 1. The van der Waals surface area contributed by atoms with Crippen LogP contribution in [0.1, 0.15) is 30.1 Å². The standard InChI is InChI=1S/C13H14F4O4/c1-12(14,15)13(16,17)3-2-4-21-11(20)8-5-9(18)7-10(19)6-8/h5-7,18-19H,2-4H2,1H3. The topological polar surface area (TPSA) is 66.8 Å². The minimum Gasteiger partial charge on any atom is -0.508 e. The van der Waals surface area contributed by atoms with Crippen molar-refractivity contribution in [3.63, 3.8) is 0 Å². The number of carbonyl (C=O) groups is 1. The van der Waals surface area contributed by atoms with E-state index in [0.717, 1.165) is 18.2 Å². The molecule has 0 aliphatic heterocycles. The van der Waals surface area contributed by atoms with E-state index < -0.39 is 37.3 Å². The Bertz CT molecular complexity index is 491. The SMILES string of the molecule is CC(F)(F)C(F)(F)CCCOC(=O)c1cc(O)cc(O)c1. The van der Waals surface area contributed by atoms with Gasteiger partial charge in [-0.15, -0.1) is 0 Å². The highest BCUT2D eigenvalue weighted by atomic mass is 19.3. The van der Waals surface area contributed by atoms with Gasteiger partial charge in [0.2, 0.25) is 0 Å². The summed E-state index contributed by atoms with van der Waals surface area (Å²) in [4.78, 5) is 11.5. The van der Waals surface area contributed by atoms with Crippen LogP contribution in [-0.4, -0.2) is 34.6 Å². The fourth-order valence-corrected chi connectivity index (χ4v) is 1.47. The van der Waals surface area contributed by atoms with Gasteiger partial charge in [-0.1, -0.05) is 0 Å². The molecule has 8 heteroatoms. The highest BCUT2D eigenvalue weighted by Crippen LogP contribution is 2.37. The first-order valence-corrected chi connectivity index (χ1v) is 5.99. The normalized spacial score (nSPS) is 12.2. The summed E-state index contributed by atoms with van der Waals surface area (Å²) in [5.74, 6) is -10.0. The van der Waals surface area contributed by atoms with Gasteiger partial charge in [0.1, 0.15) is 11.5 Å². The smallest absolute Gasteiger partial charge is 0.338 e. The molecule has 1 aromatic carbocycles. The third kappa shape index (κ3) is 4.80. The zero-order valence-electron chi connectivity index (χ0n) is 11.1. The van der Waals surface area contributed by atoms with Crippen LogP contribution in [0.3, 0.4) is 0 Å². The molecule has 0 atom stereocenters. The first kappa shape index (κ1) is 17.1. The van der Waals surface area contributed by atoms with E-state index in [0.29, 0.717) is 0 Å². The molecule has 1 rings (SSSR count). The Balaban J connectivity index is 2.48. The van der Waals surface area contributed by atoms with Gasteiger partial charge in [-0.25, -0.2) is 13.6 Å². The summed E-state index contributed by atoms with van der Waals surface area (Å²) in [6.07, 6.45) is -1.58. The van der Waals surface area contributed by atoms with Crippen LogP contribution in [0.2, 0.25) is 0 Å². The zero-order chi connectivity index (χ0) is 16.3. The molecule has 0 unspecified atom stereocenters. The fourth-order valence-electron chi connectivity index (χ4n) is 1.47. The highest BCUT2D eigenvalue weighted by Gasteiger charge is 2.51. The number of hydrogen-bond donors (Lipinski definition) is 2. The van der Waals surface area contributed by atoms with Gasteiger partial charge < -0.3 is 14.9 Å². The Morgan fingerprint density at radius 3 is 2.14 bits per heavy atom. The van der Waals surface area contributed by atoms with Crippen molar-refractivity contribution in [3.05, 3.63) is 23.8 Å². The molecule has 0 aliphatic carbocycles. The van der Waals surface area contributed by atoms with Crippen molar-refractivity contribution in [1.82, 2.24) is 0 Å². The predicted molar refractivity (Wildman–Crippen MR) is 64.9 cm³/mol. The van der Waals surface area contributed by atoms with E-state index in [1.807, 2.05) is 0 Å². The van der Waals surface area contributed by atoms with Gasteiger partial charge in [0.25, 0.3) is 0 Å². The molecule has 0 saturated heterocycles. The van der Waals surface area contributed by atoms with Crippen LogP contribution in [0.4, 0.5) is 17.6 Å². The van der Waals surface area contributed by atoms with E-state index >= 15 is 0 Å². The summed E-state index contributed by atoms with van der Waals surface area (Å²) < 4.78 is 55.5. The summed E-state index contributed by atoms with van der Waals surface area (Å²) >= 11 is 0. The van der Waals surface area contributed by atoms with Gasteiger partial charge in [0, 0.05) is 19.4 Å². The Morgan fingerprint density at radius 1 is 1.14 bits per heavy atom. The van der Waals surface area contributed by atoms with Gasteiger partial charge in [-0.2, -0.15) is 8.78 Å². The quantitative estimate of drug-likeness (QED) is 0.480. The highest BCUT2D eigenvalue weighted by molar-refractivity contribution is 5.90. The summed E-state index contributed by atoms with van der Waals surface area (Å²) in [5, 5.41) is 18.3. The molecule has 0 amide bonds. The molecular weight excluding hydrogens is 296 g/mol. The van der Waals surface area contributed by atoms with Crippen LogP contribution in [0.5, 0.6) is 11.5 Å². The van der Waals surface area contributed by atoms with Crippen molar-refractivity contribution in [2.45, 2.75) is 31.6 Å². The van der Waals surface area contributed by atoms with E-state index in [1.54, 1.807) is 0 Å². The van der Waals surface area contributed by atoms with Gasteiger partial charge in [-0.3, -0.25) is 0 Å². The molecule has 0 heterocycles. The van der Waals surface area contributed by atoms with Crippen LogP contribution in [0.15, 0.2) is 18.2 Å². The van der Waals surface area contributed by atoms with E-state index in [-0.39, 0.29) is 24.0 Å². The third-order valence-electron chi connectivity index (χ3n) is 2.65. The number of halogens is 4. The maximum Gasteiger partial charge on any atom is 0.338 e. The fraction of sp³-hybridized carbons (Fsp3) is 0.462. The van der Waals surface area contributed by atoms with Crippen LogP contribution in [-0.2, 0) is 4.74 Å². The molecule has 21 heavy (non-hydrogen) atoms. The molecule has 1 aromatic rings. The van der Waals surface area contributed by atoms with E-state index in [4.69, 9.17) is 10.2 Å². The second kappa shape index (κ2) is 6.19. The van der Waals surface area contributed by atoms with Crippen LogP contribution >= 0.6 is 0 Å². The third-order valence-corrected chi connectivity index (χ3v) is 2.65. The number of hydrogen-bond acceptors (Lipinski definition) is 4. The molecule has 0 radical (unpaired) electrons. The van der Waals surface area contributed by atoms with Crippen molar-refractivity contribution in [1.29, 1.82) is 0 Å². The van der Waals surface area contributed by atoms with Crippen LogP contribution in [0, 0.1) is 0 Å². The molecule has 0 spiro atoms. The number of alkyl halides is 4. The molecule has 2 N–H and O–H groups in total. The Labute approximate surface area is 118 Å². The van der Waals surface area contributed by atoms with Crippen LogP contribution < -0.4 is 0 Å². The van der Waals surface area contributed by atoms with Crippen molar-refractivity contribution in [2.24, 2.45) is 0 Å². The monoisotopic (exact) mass is 310 g/mol. The minimum atomic E-state index is -4.18. The van der Waals surface area contributed by atoms with Gasteiger partial charge in [-0.05, 0) is 18.6 Å². The second-order valence-corrected chi connectivity index (χ2v) is 4.57. The van der Waals surface area contributed by atoms with Crippen molar-refractivity contribution in [2.75, 3.05) is 6.61 Å². The second-order valence-electron chi connectivity index (χ2n) is 4.57. The number of esters is 1. The largest absolute Gasteiger partial charge is 0.508 e. The van der Waals surface area contributed by atoms with Gasteiger partial charge in [0.05, 0.1) is 12.2 Å². The Hall–Kier alpha value is -1.99. The Morgan fingerprint density at radius 2 is 1.67 bits per heavy atom.